The van der Waals surface area contributed by atoms with Crippen LogP contribution in [0.4, 0.5) is 5.69 Å². The van der Waals surface area contributed by atoms with Crippen LogP contribution in [-0.2, 0) is 14.3 Å². The Morgan fingerprint density at radius 1 is 1.17 bits per heavy atom. The number of esters is 1. The van der Waals surface area contributed by atoms with E-state index in [2.05, 4.69) is 25.7 Å². The number of amides is 2. The smallest absolute Gasteiger partial charge is 0.310 e. The van der Waals surface area contributed by atoms with Gasteiger partial charge in [0.1, 0.15) is 0 Å². The molecule has 1 aromatic carbocycles. The average molecular weight is 418 g/mol. The van der Waals surface area contributed by atoms with Crippen LogP contribution in [0.3, 0.4) is 0 Å². The molecule has 1 aliphatic heterocycles. The zero-order valence-corrected chi connectivity index (χ0v) is 18.9. The standard InChI is InChI=1S/C23H35N3O4/c1-6-26(17(3)4)20-12-10-18(11-13-20)22(28)24(5)16-21(27)25-14-8-9-19(15-25)23(29)30-7-2/h10-13,17,19H,6-9,14-16H2,1-5H3. The second kappa shape index (κ2) is 11.0. The molecule has 166 valence electrons. The molecule has 0 aliphatic carbocycles. The number of carbonyl (C=O) groups is 3. The lowest BCUT2D eigenvalue weighted by atomic mass is 9.98. The summed E-state index contributed by atoms with van der Waals surface area (Å²) in [6.45, 7) is 10.3. The molecule has 7 heteroatoms. The van der Waals surface area contributed by atoms with Crippen LogP contribution in [-0.4, -0.2) is 73.5 Å². The highest BCUT2D eigenvalue weighted by Crippen LogP contribution is 2.20. The summed E-state index contributed by atoms with van der Waals surface area (Å²) in [5, 5.41) is 0. The third-order valence-corrected chi connectivity index (χ3v) is 5.52. The van der Waals surface area contributed by atoms with Gasteiger partial charge < -0.3 is 19.4 Å². The third-order valence-electron chi connectivity index (χ3n) is 5.52. The van der Waals surface area contributed by atoms with Crippen LogP contribution >= 0.6 is 0 Å². The number of likely N-dealkylation sites (N-methyl/N-ethyl adjacent to an activating group) is 1. The Morgan fingerprint density at radius 2 is 1.83 bits per heavy atom. The molecule has 2 rings (SSSR count). The van der Waals surface area contributed by atoms with Gasteiger partial charge in [-0.25, -0.2) is 0 Å². The summed E-state index contributed by atoms with van der Waals surface area (Å²) in [6, 6.07) is 7.88. The maximum Gasteiger partial charge on any atom is 0.310 e. The first kappa shape index (κ1) is 23.7. The van der Waals surface area contributed by atoms with Gasteiger partial charge in [-0.1, -0.05) is 0 Å². The molecule has 1 unspecified atom stereocenters. The van der Waals surface area contributed by atoms with E-state index in [1.807, 2.05) is 12.1 Å². The average Bonchev–Trinajstić information content (AvgIpc) is 2.74. The van der Waals surface area contributed by atoms with Gasteiger partial charge in [-0.15, -0.1) is 0 Å². The fraction of sp³-hybridized carbons (Fsp3) is 0.609. The van der Waals surface area contributed by atoms with E-state index in [1.54, 1.807) is 31.0 Å². The first-order valence-electron chi connectivity index (χ1n) is 10.8. The number of likely N-dealkylation sites (tertiary alicyclic amines) is 1. The van der Waals surface area contributed by atoms with Crippen molar-refractivity contribution < 1.29 is 19.1 Å². The number of ether oxygens (including phenoxy) is 1. The SMILES string of the molecule is CCOC(=O)C1CCCN(C(=O)CN(C)C(=O)c2ccc(N(CC)C(C)C)cc2)C1. The molecule has 0 N–H and O–H groups in total. The van der Waals surface area contributed by atoms with Crippen molar-refractivity contribution in [2.75, 3.05) is 44.7 Å². The number of rotatable bonds is 8. The minimum atomic E-state index is -0.279. The Balaban J connectivity index is 1.96. The molecule has 1 atom stereocenters. The summed E-state index contributed by atoms with van der Waals surface area (Å²) in [6.07, 6.45) is 1.49. The van der Waals surface area contributed by atoms with E-state index >= 15 is 0 Å². The molecule has 0 radical (unpaired) electrons. The summed E-state index contributed by atoms with van der Waals surface area (Å²) in [5.74, 6) is -0.865. The monoisotopic (exact) mass is 417 g/mol. The minimum Gasteiger partial charge on any atom is -0.466 e. The van der Waals surface area contributed by atoms with Crippen LogP contribution in [0.25, 0.3) is 0 Å². The first-order chi connectivity index (χ1) is 14.3. The number of carbonyl (C=O) groups excluding carboxylic acids is 3. The number of hydrogen-bond acceptors (Lipinski definition) is 5. The maximum absolute atomic E-state index is 12.8. The molecule has 0 aromatic heterocycles. The molecule has 1 heterocycles. The molecular weight excluding hydrogens is 382 g/mol. The van der Waals surface area contributed by atoms with Crippen molar-refractivity contribution in [2.24, 2.45) is 5.92 Å². The molecule has 0 spiro atoms. The zero-order chi connectivity index (χ0) is 22.3. The fourth-order valence-electron chi connectivity index (χ4n) is 3.89. The molecule has 1 aromatic rings. The van der Waals surface area contributed by atoms with Crippen LogP contribution in [0.15, 0.2) is 24.3 Å². The van der Waals surface area contributed by atoms with Gasteiger partial charge in [0.2, 0.25) is 5.91 Å². The van der Waals surface area contributed by atoms with E-state index < -0.39 is 0 Å². The Bertz CT molecular complexity index is 732. The summed E-state index contributed by atoms with van der Waals surface area (Å²) in [5.41, 5.74) is 1.62. The lowest BCUT2D eigenvalue weighted by Crippen LogP contribution is -2.47. The van der Waals surface area contributed by atoms with E-state index in [4.69, 9.17) is 4.74 Å². The van der Waals surface area contributed by atoms with Gasteiger partial charge in [-0.2, -0.15) is 0 Å². The Kier molecular flexibility index (Phi) is 8.69. The summed E-state index contributed by atoms with van der Waals surface area (Å²) >= 11 is 0. The predicted octanol–water partition coefficient (Wildman–Crippen LogP) is 2.80. The third kappa shape index (κ3) is 5.97. The summed E-state index contributed by atoms with van der Waals surface area (Å²) < 4.78 is 5.09. The Labute approximate surface area is 180 Å². The largest absolute Gasteiger partial charge is 0.466 e. The second-order valence-corrected chi connectivity index (χ2v) is 8.02. The van der Waals surface area contributed by atoms with Crippen LogP contribution in [0.2, 0.25) is 0 Å². The highest BCUT2D eigenvalue weighted by Gasteiger charge is 2.30. The van der Waals surface area contributed by atoms with Crippen molar-refractivity contribution in [1.29, 1.82) is 0 Å². The van der Waals surface area contributed by atoms with Crippen LogP contribution in [0, 0.1) is 5.92 Å². The van der Waals surface area contributed by atoms with Gasteiger partial charge in [0, 0.05) is 44.0 Å². The van der Waals surface area contributed by atoms with Gasteiger partial charge in [0.05, 0.1) is 19.1 Å². The van der Waals surface area contributed by atoms with Gasteiger partial charge in [0.15, 0.2) is 0 Å². The van der Waals surface area contributed by atoms with Crippen molar-refractivity contribution in [1.82, 2.24) is 9.80 Å². The number of nitrogens with zero attached hydrogens (tertiary/aromatic N) is 3. The lowest BCUT2D eigenvalue weighted by molar-refractivity contribution is -0.151. The minimum absolute atomic E-state index is 0.0107. The van der Waals surface area contributed by atoms with Crippen LogP contribution in [0.1, 0.15) is 50.9 Å². The quantitative estimate of drug-likeness (QED) is 0.609. The molecule has 0 bridgehead atoms. The topological polar surface area (TPSA) is 70.2 Å². The maximum atomic E-state index is 12.8. The molecule has 1 aliphatic rings. The molecule has 7 nitrogen and oxygen atoms in total. The van der Waals surface area contributed by atoms with E-state index in [1.165, 1.54) is 4.90 Å². The molecule has 0 saturated carbocycles. The van der Waals surface area contributed by atoms with Crippen molar-refractivity contribution >= 4 is 23.5 Å². The molecule has 2 amide bonds. The van der Waals surface area contributed by atoms with Gasteiger partial charge in [-0.05, 0) is 64.8 Å². The number of anilines is 1. The van der Waals surface area contributed by atoms with Gasteiger partial charge in [0.25, 0.3) is 5.91 Å². The summed E-state index contributed by atoms with van der Waals surface area (Å²) in [7, 11) is 1.63. The molecule has 30 heavy (non-hydrogen) atoms. The van der Waals surface area contributed by atoms with E-state index in [9.17, 15) is 14.4 Å². The fourth-order valence-corrected chi connectivity index (χ4v) is 3.89. The lowest BCUT2D eigenvalue weighted by Gasteiger charge is -2.32. The van der Waals surface area contributed by atoms with Crippen molar-refractivity contribution in [2.45, 2.75) is 46.6 Å². The highest BCUT2D eigenvalue weighted by atomic mass is 16.5. The number of piperidine rings is 1. The second-order valence-electron chi connectivity index (χ2n) is 8.02. The molecular formula is C23H35N3O4. The van der Waals surface area contributed by atoms with Crippen molar-refractivity contribution in [3.63, 3.8) is 0 Å². The number of hydrogen-bond donors (Lipinski definition) is 0. The van der Waals surface area contributed by atoms with E-state index in [0.717, 1.165) is 25.1 Å². The Morgan fingerprint density at radius 3 is 2.40 bits per heavy atom. The highest BCUT2D eigenvalue weighted by molar-refractivity contribution is 5.96. The van der Waals surface area contributed by atoms with Crippen molar-refractivity contribution in [3.8, 4) is 0 Å². The predicted molar refractivity (Wildman–Crippen MR) is 117 cm³/mol. The van der Waals surface area contributed by atoms with E-state index in [-0.39, 0.29) is 30.2 Å². The van der Waals surface area contributed by atoms with Crippen LogP contribution in [0.5, 0.6) is 0 Å². The van der Waals surface area contributed by atoms with Gasteiger partial charge in [-0.3, -0.25) is 14.4 Å². The zero-order valence-electron chi connectivity index (χ0n) is 18.9. The molecule has 1 saturated heterocycles. The first-order valence-corrected chi connectivity index (χ1v) is 10.8. The number of benzene rings is 1. The normalized spacial score (nSPS) is 16.3. The van der Waals surface area contributed by atoms with E-state index in [0.29, 0.717) is 31.3 Å². The van der Waals surface area contributed by atoms with Crippen molar-refractivity contribution in [3.05, 3.63) is 29.8 Å². The summed E-state index contributed by atoms with van der Waals surface area (Å²) in [4.78, 5) is 42.8. The Hall–Kier alpha value is -2.57. The van der Waals surface area contributed by atoms with Gasteiger partial charge >= 0.3 is 5.97 Å². The molecule has 1 fully saturated rings. The van der Waals surface area contributed by atoms with Crippen LogP contribution < -0.4 is 4.90 Å².